The van der Waals surface area contributed by atoms with Crippen LogP contribution in [0, 0.1) is 6.92 Å². The van der Waals surface area contributed by atoms with Gasteiger partial charge in [-0.05, 0) is 43.7 Å². The number of hydrogen-bond acceptors (Lipinski definition) is 2. The highest BCUT2D eigenvalue weighted by atomic mass is 35.5. The van der Waals surface area contributed by atoms with Crippen LogP contribution in [0.5, 0.6) is 11.5 Å². The van der Waals surface area contributed by atoms with Gasteiger partial charge in [0, 0.05) is 6.07 Å². The number of ether oxygens (including phenoxy) is 1. The zero-order valence-corrected chi connectivity index (χ0v) is 12.1. The standard InChI is InChI=1S/C15H15Cl2NO/c1-10-2-5-15(11(8-10)6-7-18)19-12-3-4-13(16)14(17)9-12/h2-5,8-9H,6-7,18H2,1H3. The molecule has 0 aromatic heterocycles. The van der Waals surface area contributed by atoms with E-state index in [1.165, 1.54) is 5.56 Å². The van der Waals surface area contributed by atoms with Gasteiger partial charge in [-0.15, -0.1) is 0 Å². The smallest absolute Gasteiger partial charge is 0.130 e. The summed E-state index contributed by atoms with van der Waals surface area (Å²) in [7, 11) is 0. The lowest BCUT2D eigenvalue weighted by Gasteiger charge is -2.12. The Bertz CT molecular complexity index is 584. The highest BCUT2D eigenvalue weighted by Crippen LogP contribution is 2.31. The van der Waals surface area contributed by atoms with Crippen LogP contribution in [0.2, 0.25) is 10.0 Å². The fourth-order valence-corrected chi connectivity index (χ4v) is 2.11. The highest BCUT2D eigenvalue weighted by Gasteiger charge is 2.06. The van der Waals surface area contributed by atoms with Crippen LogP contribution in [0.3, 0.4) is 0 Å². The van der Waals surface area contributed by atoms with Crippen molar-refractivity contribution in [2.75, 3.05) is 6.54 Å². The molecule has 0 heterocycles. The Morgan fingerprint density at radius 2 is 1.84 bits per heavy atom. The maximum absolute atomic E-state index is 5.97. The second-order valence-electron chi connectivity index (χ2n) is 4.33. The van der Waals surface area contributed by atoms with E-state index >= 15 is 0 Å². The second kappa shape index (κ2) is 6.29. The molecule has 0 aliphatic rings. The summed E-state index contributed by atoms with van der Waals surface area (Å²) in [5.41, 5.74) is 7.90. The number of rotatable bonds is 4. The van der Waals surface area contributed by atoms with E-state index < -0.39 is 0 Å². The lowest BCUT2D eigenvalue weighted by Crippen LogP contribution is -2.04. The first kappa shape index (κ1) is 14.2. The molecule has 0 aliphatic carbocycles. The van der Waals surface area contributed by atoms with E-state index in [-0.39, 0.29) is 0 Å². The summed E-state index contributed by atoms with van der Waals surface area (Å²) in [6.45, 7) is 2.63. The molecule has 4 heteroatoms. The van der Waals surface area contributed by atoms with Gasteiger partial charge in [0.1, 0.15) is 11.5 Å². The fraction of sp³-hybridized carbons (Fsp3) is 0.200. The molecule has 2 rings (SSSR count). The summed E-state index contributed by atoms with van der Waals surface area (Å²) in [6.07, 6.45) is 0.776. The van der Waals surface area contributed by atoms with Gasteiger partial charge in [-0.25, -0.2) is 0 Å². The number of aryl methyl sites for hydroxylation is 1. The molecule has 100 valence electrons. The van der Waals surface area contributed by atoms with Crippen molar-refractivity contribution in [2.24, 2.45) is 5.73 Å². The van der Waals surface area contributed by atoms with Crippen molar-refractivity contribution in [3.8, 4) is 11.5 Å². The van der Waals surface area contributed by atoms with Crippen molar-refractivity contribution in [3.05, 3.63) is 57.6 Å². The average Bonchev–Trinajstić information content (AvgIpc) is 2.37. The highest BCUT2D eigenvalue weighted by molar-refractivity contribution is 6.42. The minimum atomic E-state index is 0.478. The van der Waals surface area contributed by atoms with Crippen LogP contribution in [0.25, 0.3) is 0 Å². The monoisotopic (exact) mass is 295 g/mol. The molecule has 0 saturated heterocycles. The van der Waals surface area contributed by atoms with Crippen LogP contribution in [-0.4, -0.2) is 6.54 Å². The Balaban J connectivity index is 2.29. The average molecular weight is 296 g/mol. The lowest BCUT2D eigenvalue weighted by atomic mass is 10.1. The predicted octanol–water partition coefficient (Wildman–Crippen LogP) is 4.60. The third-order valence-corrected chi connectivity index (χ3v) is 3.49. The summed E-state index contributed by atoms with van der Waals surface area (Å²) < 4.78 is 5.85. The van der Waals surface area contributed by atoms with E-state index in [2.05, 4.69) is 6.07 Å². The summed E-state index contributed by atoms with van der Waals surface area (Å²) in [5, 5.41) is 0.992. The molecule has 0 bridgehead atoms. The van der Waals surface area contributed by atoms with E-state index in [9.17, 15) is 0 Å². The van der Waals surface area contributed by atoms with Crippen LogP contribution >= 0.6 is 23.2 Å². The van der Waals surface area contributed by atoms with Crippen molar-refractivity contribution in [1.82, 2.24) is 0 Å². The molecule has 2 N–H and O–H groups in total. The Hall–Kier alpha value is -1.22. The van der Waals surface area contributed by atoms with Crippen LogP contribution in [0.4, 0.5) is 0 Å². The van der Waals surface area contributed by atoms with Gasteiger partial charge in [0.25, 0.3) is 0 Å². The first-order chi connectivity index (χ1) is 9.10. The molecule has 0 fully saturated rings. The first-order valence-corrected chi connectivity index (χ1v) is 6.78. The summed E-state index contributed by atoms with van der Waals surface area (Å²) >= 11 is 11.9. The summed E-state index contributed by atoms with van der Waals surface area (Å²) in [5.74, 6) is 1.46. The van der Waals surface area contributed by atoms with Gasteiger partial charge in [-0.1, -0.05) is 40.9 Å². The van der Waals surface area contributed by atoms with Gasteiger partial charge in [0.2, 0.25) is 0 Å². The van der Waals surface area contributed by atoms with E-state index in [0.29, 0.717) is 22.3 Å². The molecule has 19 heavy (non-hydrogen) atoms. The molecular weight excluding hydrogens is 281 g/mol. The van der Waals surface area contributed by atoms with Crippen molar-refractivity contribution in [2.45, 2.75) is 13.3 Å². The van der Waals surface area contributed by atoms with Crippen LogP contribution in [-0.2, 0) is 6.42 Å². The molecule has 0 amide bonds. The minimum absolute atomic E-state index is 0.478. The molecule has 2 nitrogen and oxygen atoms in total. The van der Waals surface area contributed by atoms with E-state index in [4.69, 9.17) is 33.7 Å². The van der Waals surface area contributed by atoms with E-state index in [0.717, 1.165) is 17.7 Å². The van der Waals surface area contributed by atoms with E-state index in [1.807, 2.05) is 19.1 Å². The maximum atomic E-state index is 5.97. The summed E-state index contributed by atoms with van der Waals surface area (Å²) in [4.78, 5) is 0. The summed E-state index contributed by atoms with van der Waals surface area (Å²) in [6, 6.07) is 11.3. The second-order valence-corrected chi connectivity index (χ2v) is 5.14. The molecule has 0 radical (unpaired) electrons. The molecular formula is C15H15Cl2NO. The fourth-order valence-electron chi connectivity index (χ4n) is 1.83. The minimum Gasteiger partial charge on any atom is -0.457 e. The number of benzene rings is 2. The largest absolute Gasteiger partial charge is 0.457 e. The quantitative estimate of drug-likeness (QED) is 0.895. The Labute approximate surface area is 123 Å². The van der Waals surface area contributed by atoms with Gasteiger partial charge in [-0.3, -0.25) is 0 Å². The number of hydrogen-bond donors (Lipinski definition) is 1. The Kier molecular flexibility index (Phi) is 4.70. The predicted molar refractivity (Wildman–Crippen MR) is 80.5 cm³/mol. The van der Waals surface area contributed by atoms with Crippen LogP contribution in [0.15, 0.2) is 36.4 Å². The molecule has 0 unspecified atom stereocenters. The van der Waals surface area contributed by atoms with Crippen LogP contribution in [0.1, 0.15) is 11.1 Å². The normalized spacial score (nSPS) is 10.5. The Morgan fingerprint density at radius 3 is 2.53 bits per heavy atom. The Morgan fingerprint density at radius 1 is 1.05 bits per heavy atom. The topological polar surface area (TPSA) is 35.2 Å². The molecule has 0 spiro atoms. The van der Waals surface area contributed by atoms with Gasteiger partial charge in [0.15, 0.2) is 0 Å². The first-order valence-electron chi connectivity index (χ1n) is 6.02. The molecule has 0 aliphatic heterocycles. The van der Waals surface area contributed by atoms with Gasteiger partial charge in [0.05, 0.1) is 10.0 Å². The molecule has 2 aromatic rings. The maximum Gasteiger partial charge on any atom is 0.130 e. The van der Waals surface area contributed by atoms with Gasteiger partial charge in [-0.2, -0.15) is 0 Å². The molecule has 0 atom stereocenters. The van der Waals surface area contributed by atoms with E-state index in [1.54, 1.807) is 18.2 Å². The number of nitrogens with two attached hydrogens (primary N) is 1. The lowest BCUT2D eigenvalue weighted by molar-refractivity contribution is 0.476. The zero-order chi connectivity index (χ0) is 13.8. The van der Waals surface area contributed by atoms with Crippen molar-refractivity contribution in [1.29, 1.82) is 0 Å². The van der Waals surface area contributed by atoms with Gasteiger partial charge >= 0.3 is 0 Å². The van der Waals surface area contributed by atoms with Crippen molar-refractivity contribution < 1.29 is 4.74 Å². The third-order valence-electron chi connectivity index (χ3n) is 2.75. The zero-order valence-electron chi connectivity index (χ0n) is 10.6. The number of halogens is 2. The third kappa shape index (κ3) is 3.63. The van der Waals surface area contributed by atoms with Crippen molar-refractivity contribution in [3.63, 3.8) is 0 Å². The molecule has 0 saturated carbocycles. The SMILES string of the molecule is Cc1ccc(Oc2ccc(Cl)c(Cl)c2)c(CCN)c1. The van der Waals surface area contributed by atoms with Gasteiger partial charge < -0.3 is 10.5 Å². The molecule has 2 aromatic carbocycles. The van der Waals surface area contributed by atoms with Crippen molar-refractivity contribution >= 4 is 23.2 Å². The van der Waals surface area contributed by atoms with Crippen LogP contribution < -0.4 is 10.5 Å².